The first-order chi connectivity index (χ1) is 8.72. The predicted octanol–water partition coefficient (Wildman–Crippen LogP) is 1.92. The van der Waals surface area contributed by atoms with Crippen molar-refractivity contribution in [1.82, 2.24) is 5.32 Å². The van der Waals surface area contributed by atoms with Crippen LogP contribution in [0.25, 0.3) is 0 Å². The van der Waals surface area contributed by atoms with Crippen LogP contribution in [-0.4, -0.2) is 18.1 Å². The van der Waals surface area contributed by atoms with Crippen molar-refractivity contribution < 1.29 is 19.1 Å². The third-order valence-electron chi connectivity index (χ3n) is 2.50. The summed E-state index contributed by atoms with van der Waals surface area (Å²) in [5.74, 6) is -0.261. The zero-order chi connectivity index (χ0) is 13.0. The van der Waals surface area contributed by atoms with E-state index < -0.39 is 0 Å². The number of furan rings is 1. The molecule has 18 heavy (non-hydrogen) atoms. The molecule has 0 aliphatic heterocycles. The lowest BCUT2D eigenvalue weighted by molar-refractivity contribution is 0.0947. The summed E-state index contributed by atoms with van der Waals surface area (Å²) in [5.41, 5.74) is 1.03. The van der Waals surface area contributed by atoms with Crippen LogP contribution in [0.1, 0.15) is 15.9 Å². The molecule has 0 unspecified atom stereocenters. The first kappa shape index (κ1) is 12.0. The van der Waals surface area contributed by atoms with Gasteiger partial charge in [-0.3, -0.25) is 4.79 Å². The lowest BCUT2D eigenvalue weighted by atomic mass is 10.1. The minimum atomic E-state index is -0.368. The maximum Gasteiger partial charge on any atom is 0.255 e. The van der Waals surface area contributed by atoms with Gasteiger partial charge in [-0.2, -0.15) is 0 Å². The fourth-order valence-electron chi connectivity index (χ4n) is 1.54. The molecule has 1 aromatic carbocycles. The topological polar surface area (TPSA) is 71.7 Å². The third-order valence-corrected chi connectivity index (χ3v) is 2.50. The van der Waals surface area contributed by atoms with E-state index in [9.17, 15) is 9.90 Å². The van der Waals surface area contributed by atoms with Crippen LogP contribution in [0.15, 0.2) is 41.2 Å². The molecule has 1 aromatic heterocycles. The fourth-order valence-corrected chi connectivity index (χ4v) is 1.54. The molecule has 2 N–H and O–H groups in total. The van der Waals surface area contributed by atoms with Gasteiger partial charge in [-0.05, 0) is 18.2 Å². The number of benzene rings is 1. The normalized spacial score (nSPS) is 10.1. The largest absolute Gasteiger partial charge is 0.504 e. The highest BCUT2D eigenvalue weighted by Crippen LogP contribution is 2.29. The number of hydrogen-bond donors (Lipinski definition) is 2. The molecule has 0 saturated heterocycles. The van der Waals surface area contributed by atoms with Gasteiger partial charge in [0.15, 0.2) is 11.5 Å². The summed E-state index contributed by atoms with van der Waals surface area (Å²) < 4.78 is 9.83. The van der Waals surface area contributed by atoms with E-state index in [1.807, 2.05) is 0 Å². The Morgan fingerprint density at radius 2 is 2.28 bits per heavy atom. The molecule has 0 aliphatic rings. The Morgan fingerprint density at radius 3 is 2.94 bits per heavy atom. The van der Waals surface area contributed by atoms with Crippen molar-refractivity contribution in [2.45, 2.75) is 6.54 Å². The number of aromatic hydroxyl groups is 1. The Labute approximate surface area is 104 Å². The van der Waals surface area contributed by atoms with Crippen LogP contribution in [0, 0.1) is 0 Å². The van der Waals surface area contributed by atoms with E-state index in [0.717, 1.165) is 5.56 Å². The molecule has 94 valence electrons. The molecule has 5 nitrogen and oxygen atoms in total. The van der Waals surface area contributed by atoms with Crippen LogP contribution in [-0.2, 0) is 6.54 Å². The van der Waals surface area contributed by atoms with Gasteiger partial charge in [0.25, 0.3) is 5.91 Å². The molecule has 0 bridgehead atoms. The van der Waals surface area contributed by atoms with E-state index in [0.29, 0.717) is 6.54 Å². The van der Waals surface area contributed by atoms with Gasteiger partial charge in [0.05, 0.1) is 25.2 Å². The van der Waals surface area contributed by atoms with Crippen molar-refractivity contribution in [3.05, 3.63) is 47.9 Å². The second-order valence-corrected chi connectivity index (χ2v) is 3.67. The lowest BCUT2D eigenvalue weighted by Gasteiger charge is -2.08. The van der Waals surface area contributed by atoms with Gasteiger partial charge < -0.3 is 19.6 Å². The fraction of sp³-hybridized carbons (Fsp3) is 0.154. The Kier molecular flexibility index (Phi) is 3.52. The smallest absolute Gasteiger partial charge is 0.255 e. The number of nitrogens with one attached hydrogen (secondary N) is 1. The van der Waals surface area contributed by atoms with E-state index >= 15 is 0 Å². The molecule has 2 aromatic rings. The first-order valence-corrected chi connectivity index (χ1v) is 5.37. The highest BCUT2D eigenvalue weighted by atomic mass is 16.5. The summed E-state index contributed by atoms with van der Waals surface area (Å²) in [4.78, 5) is 11.9. The summed E-state index contributed by atoms with van der Waals surface area (Å²) >= 11 is 0. The van der Waals surface area contributed by atoms with E-state index in [2.05, 4.69) is 5.32 Å². The van der Waals surface area contributed by atoms with Crippen molar-refractivity contribution in [1.29, 1.82) is 0 Å². The molecule has 1 amide bonds. The minimum Gasteiger partial charge on any atom is -0.504 e. The van der Waals surface area contributed by atoms with Gasteiger partial charge in [-0.25, -0.2) is 0 Å². The molecule has 1 heterocycles. The lowest BCUT2D eigenvalue weighted by Crippen LogP contribution is -2.22. The molecule has 0 spiro atoms. The molecule has 0 aliphatic carbocycles. The Morgan fingerprint density at radius 1 is 1.44 bits per heavy atom. The van der Waals surface area contributed by atoms with Gasteiger partial charge >= 0.3 is 0 Å². The number of para-hydroxylation sites is 1. The van der Waals surface area contributed by atoms with E-state index in [1.165, 1.54) is 19.4 Å². The highest BCUT2D eigenvalue weighted by Gasteiger charge is 2.14. The molecular formula is C13H13NO4. The van der Waals surface area contributed by atoms with Crippen molar-refractivity contribution in [2.75, 3.05) is 7.11 Å². The Hall–Kier alpha value is -2.43. The van der Waals surface area contributed by atoms with Crippen molar-refractivity contribution in [2.24, 2.45) is 0 Å². The number of carbonyl (C=O) groups is 1. The summed E-state index contributed by atoms with van der Waals surface area (Å²) in [7, 11) is 1.43. The highest BCUT2D eigenvalue weighted by molar-refractivity contribution is 5.97. The summed E-state index contributed by atoms with van der Waals surface area (Å²) in [6.45, 7) is 0.339. The standard InChI is InChI=1S/C13H13NO4/c1-17-11-4-2-3-10(12(11)15)13(16)14-7-9-5-6-18-8-9/h2-6,8,15H,7H2,1H3,(H,14,16). The zero-order valence-corrected chi connectivity index (χ0v) is 9.84. The number of ether oxygens (including phenoxy) is 1. The quantitative estimate of drug-likeness (QED) is 0.865. The summed E-state index contributed by atoms with van der Waals surface area (Å²) in [6.07, 6.45) is 3.08. The second kappa shape index (κ2) is 5.27. The van der Waals surface area contributed by atoms with Gasteiger partial charge in [0.1, 0.15) is 0 Å². The van der Waals surface area contributed by atoms with Crippen molar-refractivity contribution in [3.63, 3.8) is 0 Å². The number of phenols is 1. The van der Waals surface area contributed by atoms with E-state index in [4.69, 9.17) is 9.15 Å². The van der Waals surface area contributed by atoms with Crippen molar-refractivity contribution >= 4 is 5.91 Å². The maximum absolute atomic E-state index is 11.9. The Balaban J connectivity index is 2.09. The monoisotopic (exact) mass is 247 g/mol. The Bertz CT molecular complexity index is 534. The zero-order valence-electron chi connectivity index (χ0n) is 9.84. The van der Waals surface area contributed by atoms with Crippen LogP contribution in [0.3, 0.4) is 0 Å². The van der Waals surface area contributed by atoms with Gasteiger partial charge in [0.2, 0.25) is 0 Å². The number of hydrogen-bond acceptors (Lipinski definition) is 4. The molecule has 0 saturated carbocycles. The minimum absolute atomic E-state index is 0.162. The summed E-state index contributed by atoms with van der Waals surface area (Å²) in [5, 5.41) is 12.5. The number of methoxy groups -OCH3 is 1. The SMILES string of the molecule is COc1cccc(C(=O)NCc2ccoc2)c1O. The average Bonchev–Trinajstić information content (AvgIpc) is 2.89. The maximum atomic E-state index is 11.9. The molecule has 5 heteroatoms. The van der Waals surface area contributed by atoms with Gasteiger partial charge in [0, 0.05) is 12.1 Å². The third kappa shape index (κ3) is 2.45. The number of amides is 1. The molecule has 2 rings (SSSR count). The van der Waals surface area contributed by atoms with Gasteiger partial charge in [-0.1, -0.05) is 6.07 Å². The van der Waals surface area contributed by atoms with E-state index in [-0.39, 0.29) is 23.0 Å². The van der Waals surface area contributed by atoms with Crippen LogP contribution in [0.2, 0.25) is 0 Å². The first-order valence-electron chi connectivity index (χ1n) is 5.37. The average molecular weight is 247 g/mol. The number of carbonyl (C=O) groups excluding carboxylic acids is 1. The molecular weight excluding hydrogens is 234 g/mol. The summed E-state index contributed by atoms with van der Waals surface area (Å²) in [6, 6.07) is 6.52. The van der Waals surface area contributed by atoms with Crippen LogP contribution in [0.4, 0.5) is 0 Å². The van der Waals surface area contributed by atoms with E-state index in [1.54, 1.807) is 24.5 Å². The van der Waals surface area contributed by atoms with Crippen LogP contribution < -0.4 is 10.1 Å². The van der Waals surface area contributed by atoms with Gasteiger partial charge in [-0.15, -0.1) is 0 Å². The number of phenolic OH excluding ortho intramolecular Hbond substituents is 1. The predicted molar refractivity (Wildman–Crippen MR) is 64.5 cm³/mol. The van der Waals surface area contributed by atoms with Crippen molar-refractivity contribution in [3.8, 4) is 11.5 Å². The molecule has 0 atom stereocenters. The van der Waals surface area contributed by atoms with Crippen LogP contribution >= 0.6 is 0 Å². The molecule has 0 radical (unpaired) electrons. The number of rotatable bonds is 4. The van der Waals surface area contributed by atoms with Crippen LogP contribution in [0.5, 0.6) is 11.5 Å². The second-order valence-electron chi connectivity index (χ2n) is 3.67. The molecule has 0 fully saturated rings.